The number of phenols is 1. The number of rotatable bonds is 1. The molecule has 0 aliphatic heterocycles. The van der Waals surface area contributed by atoms with Crippen molar-refractivity contribution in [2.24, 2.45) is 0 Å². The summed E-state index contributed by atoms with van der Waals surface area (Å²) < 4.78 is 4.86. The van der Waals surface area contributed by atoms with E-state index in [0.29, 0.717) is 10.6 Å². The molecule has 0 spiro atoms. The third-order valence-corrected chi connectivity index (χ3v) is 1.56. The minimum absolute atomic E-state index is 0. The molecule has 2 nitrogen and oxygen atoms in total. The van der Waals surface area contributed by atoms with Gasteiger partial charge in [-0.25, -0.2) is 0 Å². The van der Waals surface area contributed by atoms with Crippen LogP contribution in [0.25, 0.3) is 0 Å². The van der Waals surface area contributed by atoms with Crippen molar-refractivity contribution in [2.75, 3.05) is 7.11 Å². The molecule has 11 heavy (non-hydrogen) atoms. The summed E-state index contributed by atoms with van der Waals surface area (Å²) in [6.45, 7) is 0. The zero-order valence-corrected chi connectivity index (χ0v) is 9.43. The SMILES string of the molecule is COc1ccc(S)c(O)c1.[Na+]. The summed E-state index contributed by atoms with van der Waals surface area (Å²) in [7, 11) is 1.55. The molecule has 1 aromatic rings. The second-order valence-corrected chi connectivity index (χ2v) is 2.34. The molecule has 0 aromatic heterocycles. The van der Waals surface area contributed by atoms with Crippen LogP contribution in [0.1, 0.15) is 0 Å². The maximum absolute atomic E-state index is 9.07. The molecule has 0 unspecified atom stereocenters. The topological polar surface area (TPSA) is 29.5 Å². The maximum Gasteiger partial charge on any atom is 1.00 e. The predicted molar refractivity (Wildman–Crippen MR) is 41.9 cm³/mol. The van der Waals surface area contributed by atoms with Gasteiger partial charge in [0.05, 0.1) is 7.11 Å². The van der Waals surface area contributed by atoms with E-state index in [9.17, 15) is 0 Å². The number of phenolic OH excluding ortho intramolecular Hbond substituents is 1. The first-order valence-corrected chi connectivity index (χ1v) is 3.24. The third kappa shape index (κ3) is 2.95. The summed E-state index contributed by atoms with van der Waals surface area (Å²) in [5, 5.41) is 9.07. The summed E-state index contributed by atoms with van der Waals surface area (Å²) in [6, 6.07) is 4.93. The number of aromatic hydroxyl groups is 1. The van der Waals surface area contributed by atoms with Gasteiger partial charge in [0, 0.05) is 11.0 Å². The summed E-state index contributed by atoms with van der Waals surface area (Å²) in [4.78, 5) is 0.556. The monoisotopic (exact) mass is 179 g/mol. The number of ether oxygens (including phenoxy) is 1. The van der Waals surface area contributed by atoms with Crippen LogP contribution in [0.15, 0.2) is 23.1 Å². The van der Waals surface area contributed by atoms with Crippen molar-refractivity contribution in [3.8, 4) is 11.5 Å². The van der Waals surface area contributed by atoms with Gasteiger partial charge in [0.2, 0.25) is 0 Å². The first kappa shape index (κ1) is 11.2. The summed E-state index contributed by atoms with van der Waals surface area (Å²) in [5.74, 6) is 0.776. The van der Waals surface area contributed by atoms with E-state index in [1.165, 1.54) is 6.07 Å². The maximum atomic E-state index is 9.07. The van der Waals surface area contributed by atoms with Crippen LogP contribution in [0.3, 0.4) is 0 Å². The fourth-order valence-corrected chi connectivity index (χ4v) is 0.769. The Balaban J connectivity index is 0.000001000. The molecule has 4 heteroatoms. The Morgan fingerprint density at radius 2 is 2.09 bits per heavy atom. The van der Waals surface area contributed by atoms with Crippen molar-refractivity contribution >= 4 is 12.6 Å². The third-order valence-electron chi connectivity index (χ3n) is 1.18. The molecule has 0 saturated carbocycles. The Bertz CT molecular complexity index is 240. The van der Waals surface area contributed by atoms with Crippen LogP contribution in [-0.4, -0.2) is 12.2 Å². The fourth-order valence-electron chi connectivity index (χ4n) is 0.630. The van der Waals surface area contributed by atoms with Crippen molar-refractivity contribution in [3.05, 3.63) is 18.2 Å². The normalized spacial score (nSPS) is 8.55. The first-order valence-electron chi connectivity index (χ1n) is 2.80. The van der Waals surface area contributed by atoms with E-state index in [-0.39, 0.29) is 35.3 Å². The van der Waals surface area contributed by atoms with E-state index >= 15 is 0 Å². The largest absolute Gasteiger partial charge is 1.00 e. The molecule has 0 aliphatic carbocycles. The Hall–Kier alpha value is 0.170. The molecule has 1 aromatic carbocycles. The molecule has 1 N–H and O–H groups in total. The van der Waals surface area contributed by atoms with Crippen molar-refractivity contribution < 1.29 is 39.4 Å². The van der Waals surface area contributed by atoms with E-state index in [4.69, 9.17) is 9.84 Å². The van der Waals surface area contributed by atoms with Gasteiger partial charge >= 0.3 is 29.6 Å². The number of thiol groups is 1. The minimum Gasteiger partial charge on any atom is -0.507 e. The molecule has 0 saturated heterocycles. The van der Waals surface area contributed by atoms with E-state index in [2.05, 4.69) is 12.6 Å². The average molecular weight is 179 g/mol. The van der Waals surface area contributed by atoms with Gasteiger partial charge in [-0.15, -0.1) is 12.6 Å². The molecule has 0 amide bonds. The molecule has 0 bridgehead atoms. The Morgan fingerprint density at radius 3 is 2.55 bits per heavy atom. The van der Waals surface area contributed by atoms with Crippen LogP contribution in [-0.2, 0) is 0 Å². The summed E-state index contributed by atoms with van der Waals surface area (Å²) in [6.07, 6.45) is 0. The summed E-state index contributed by atoms with van der Waals surface area (Å²) >= 11 is 3.98. The number of hydrogen-bond donors (Lipinski definition) is 2. The molecule has 54 valence electrons. The van der Waals surface area contributed by atoms with Gasteiger partial charge in [0.25, 0.3) is 0 Å². The fraction of sp³-hybridized carbons (Fsp3) is 0.143. The van der Waals surface area contributed by atoms with Crippen LogP contribution in [0.2, 0.25) is 0 Å². The van der Waals surface area contributed by atoms with Gasteiger partial charge in [-0.1, -0.05) is 0 Å². The molecule has 0 fully saturated rings. The Kier molecular flexibility index (Phi) is 5.01. The Morgan fingerprint density at radius 1 is 1.45 bits per heavy atom. The number of benzene rings is 1. The van der Waals surface area contributed by atoms with Gasteiger partial charge < -0.3 is 9.84 Å². The van der Waals surface area contributed by atoms with Crippen molar-refractivity contribution in [2.45, 2.75) is 4.90 Å². The van der Waals surface area contributed by atoms with E-state index in [0.717, 1.165) is 0 Å². The second-order valence-electron chi connectivity index (χ2n) is 1.85. The first-order chi connectivity index (χ1) is 4.74. The van der Waals surface area contributed by atoms with Crippen molar-refractivity contribution in [1.82, 2.24) is 0 Å². The molecule has 0 atom stereocenters. The molecular formula is C7H8NaO2S+. The molecular weight excluding hydrogens is 171 g/mol. The van der Waals surface area contributed by atoms with E-state index < -0.39 is 0 Å². The predicted octanol–water partition coefficient (Wildman–Crippen LogP) is -1.31. The van der Waals surface area contributed by atoms with Crippen molar-refractivity contribution in [3.63, 3.8) is 0 Å². The number of methoxy groups -OCH3 is 1. The minimum atomic E-state index is 0. The van der Waals surface area contributed by atoms with Gasteiger partial charge in [0.1, 0.15) is 11.5 Å². The van der Waals surface area contributed by atoms with Gasteiger partial charge in [-0.2, -0.15) is 0 Å². The molecule has 0 aliphatic rings. The van der Waals surface area contributed by atoms with E-state index in [1.54, 1.807) is 19.2 Å². The molecule has 0 radical (unpaired) electrons. The second kappa shape index (κ2) is 4.93. The Labute approximate surface area is 93.3 Å². The van der Waals surface area contributed by atoms with Crippen LogP contribution >= 0.6 is 12.6 Å². The standard InChI is InChI=1S/C7H8O2S.Na/c1-9-5-2-3-7(10)6(8)4-5;/h2-4,8,10H,1H3;/q;+1. The molecule has 1 rings (SSSR count). The van der Waals surface area contributed by atoms with Gasteiger partial charge in [-0.3, -0.25) is 0 Å². The zero-order chi connectivity index (χ0) is 7.56. The quantitative estimate of drug-likeness (QED) is 0.414. The van der Waals surface area contributed by atoms with Crippen LogP contribution in [0.4, 0.5) is 0 Å². The van der Waals surface area contributed by atoms with Crippen LogP contribution in [0.5, 0.6) is 11.5 Å². The van der Waals surface area contributed by atoms with Gasteiger partial charge in [0.15, 0.2) is 0 Å². The van der Waals surface area contributed by atoms with Crippen molar-refractivity contribution in [1.29, 1.82) is 0 Å². The zero-order valence-electron chi connectivity index (χ0n) is 6.53. The summed E-state index contributed by atoms with van der Waals surface area (Å²) in [5.41, 5.74) is 0. The smallest absolute Gasteiger partial charge is 0.507 e. The van der Waals surface area contributed by atoms with Crippen LogP contribution in [0, 0.1) is 0 Å². The van der Waals surface area contributed by atoms with Crippen LogP contribution < -0.4 is 34.3 Å². The average Bonchev–Trinajstić information content (AvgIpc) is 1.95. The molecule has 0 heterocycles. The number of hydrogen-bond acceptors (Lipinski definition) is 3. The van der Waals surface area contributed by atoms with E-state index in [1.807, 2.05) is 0 Å². The van der Waals surface area contributed by atoms with Gasteiger partial charge in [-0.05, 0) is 12.1 Å².